The lowest BCUT2D eigenvalue weighted by molar-refractivity contribution is 0.389. The van der Waals surface area contributed by atoms with Crippen LogP contribution in [0.2, 0.25) is 0 Å². The first-order chi connectivity index (χ1) is 8.65. The van der Waals surface area contributed by atoms with Crippen LogP contribution in [0.1, 0.15) is 56.1 Å². The van der Waals surface area contributed by atoms with Gasteiger partial charge in [0.05, 0.1) is 5.69 Å². The van der Waals surface area contributed by atoms with Crippen LogP contribution >= 0.6 is 11.3 Å². The third-order valence-electron chi connectivity index (χ3n) is 4.35. The summed E-state index contributed by atoms with van der Waals surface area (Å²) in [5.41, 5.74) is 7.36. The molecule has 3 rings (SSSR count). The van der Waals surface area contributed by atoms with E-state index in [9.17, 15) is 0 Å². The van der Waals surface area contributed by atoms with Crippen LogP contribution in [0.15, 0.2) is 0 Å². The molecule has 0 radical (unpaired) electrons. The highest BCUT2D eigenvalue weighted by Gasteiger charge is 2.28. The van der Waals surface area contributed by atoms with E-state index in [1.807, 2.05) is 11.3 Å². The summed E-state index contributed by atoms with van der Waals surface area (Å²) in [5, 5.41) is 1.22. The van der Waals surface area contributed by atoms with E-state index in [2.05, 4.69) is 18.7 Å². The minimum Gasteiger partial charge on any atom is -0.345 e. The van der Waals surface area contributed by atoms with E-state index < -0.39 is 0 Å². The molecule has 1 aromatic heterocycles. The molecule has 3 nitrogen and oxygen atoms in total. The molecule has 4 heteroatoms. The predicted molar refractivity (Wildman–Crippen MR) is 77.2 cm³/mol. The first kappa shape index (κ1) is 12.4. The minimum absolute atomic E-state index is 0.177. The van der Waals surface area contributed by atoms with E-state index in [1.165, 1.54) is 41.4 Å². The SMILES string of the molecule is CC1CCC(C)N(c2nc3c(s2)CCCC3N)C1. The van der Waals surface area contributed by atoms with Crippen molar-refractivity contribution in [1.82, 2.24) is 4.98 Å². The van der Waals surface area contributed by atoms with Crippen LogP contribution in [0.5, 0.6) is 0 Å². The van der Waals surface area contributed by atoms with Crippen LogP contribution < -0.4 is 10.6 Å². The van der Waals surface area contributed by atoms with Crippen molar-refractivity contribution in [3.63, 3.8) is 0 Å². The molecule has 1 aliphatic carbocycles. The van der Waals surface area contributed by atoms with Gasteiger partial charge in [-0.15, -0.1) is 11.3 Å². The first-order valence-corrected chi connectivity index (χ1v) is 7.98. The monoisotopic (exact) mass is 265 g/mol. The number of nitrogens with zero attached hydrogens (tertiary/aromatic N) is 2. The Bertz CT molecular complexity index is 429. The van der Waals surface area contributed by atoms with Crippen LogP contribution in [-0.2, 0) is 6.42 Å². The number of piperidine rings is 1. The van der Waals surface area contributed by atoms with Crippen LogP contribution in [-0.4, -0.2) is 17.6 Å². The molecule has 3 unspecified atom stereocenters. The van der Waals surface area contributed by atoms with Crippen molar-refractivity contribution in [1.29, 1.82) is 0 Å². The third kappa shape index (κ3) is 2.16. The van der Waals surface area contributed by atoms with E-state index in [0.29, 0.717) is 6.04 Å². The second-order valence-electron chi connectivity index (χ2n) is 5.99. The zero-order valence-electron chi connectivity index (χ0n) is 11.4. The van der Waals surface area contributed by atoms with Crippen molar-refractivity contribution in [2.24, 2.45) is 11.7 Å². The summed E-state index contributed by atoms with van der Waals surface area (Å²) in [7, 11) is 0. The van der Waals surface area contributed by atoms with Gasteiger partial charge in [0.1, 0.15) is 0 Å². The largest absolute Gasteiger partial charge is 0.345 e. The molecule has 0 saturated carbocycles. The number of aromatic nitrogens is 1. The second kappa shape index (κ2) is 4.82. The van der Waals surface area contributed by atoms with Gasteiger partial charge in [0.15, 0.2) is 5.13 Å². The van der Waals surface area contributed by atoms with Gasteiger partial charge in [0.2, 0.25) is 0 Å². The van der Waals surface area contributed by atoms with Crippen molar-refractivity contribution < 1.29 is 0 Å². The Morgan fingerprint density at radius 3 is 2.89 bits per heavy atom. The Morgan fingerprint density at radius 1 is 1.28 bits per heavy atom. The molecular formula is C14H23N3S. The van der Waals surface area contributed by atoms with Crippen molar-refractivity contribution in [2.75, 3.05) is 11.4 Å². The fourth-order valence-corrected chi connectivity index (χ4v) is 4.40. The molecule has 0 bridgehead atoms. The molecular weight excluding hydrogens is 242 g/mol. The maximum absolute atomic E-state index is 6.18. The van der Waals surface area contributed by atoms with Crippen molar-refractivity contribution in [2.45, 2.75) is 58.0 Å². The average molecular weight is 265 g/mol. The lowest BCUT2D eigenvalue weighted by atomic mass is 9.95. The normalized spacial score (nSPS) is 32.4. The summed E-state index contributed by atoms with van der Waals surface area (Å²) in [6.07, 6.45) is 6.14. The second-order valence-corrected chi connectivity index (χ2v) is 7.05. The van der Waals surface area contributed by atoms with E-state index in [-0.39, 0.29) is 6.04 Å². The Kier molecular flexibility index (Phi) is 3.32. The summed E-state index contributed by atoms with van der Waals surface area (Å²) in [6.45, 7) is 5.83. The van der Waals surface area contributed by atoms with Gasteiger partial charge in [0, 0.05) is 23.5 Å². The number of fused-ring (bicyclic) bond motifs is 1. The van der Waals surface area contributed by atoms with Gasteiger partial charge >= 0.3 is 0 Å². The lowest BCUT2D eigenvalue weighted by Gasteiger charge is -2.36. The Labute approximate surface area is 113 Å². The number of hydrogen-bond acceptors (Lipinski definition) is 4. The summed E-state index contributed by atoms with van der Waals surface area (Å²) >= 11 is 1.89. The molecule has 2 N–H and O–H groups in total. The van der Waals surface area contributed by atoms with Crippen molar-refractivity contribution in [3.8, 4) is 0 Å². The molecule has 100 valence electrons. The van der Waals surface area contributed by atoms with Crippen molar-refractivity contribution in [3.05, 3.63) is 10.6 Å². The summed E-state index contributed by atoms with van der Waals surface area (Å²) in [4.78, 5) is 8.80. The maximum atomic E-state index is 6.18. The molecule has 0 spiro atoms. The number of anilines is 1. The molecule has 3 atom stereocenters. The smallest absolute Gasteiger partial charge is 0.186 e. The van der Waals surface area contributed by atoms with E-state index in [4.69, 9.17) is 10.7 Å². The number of rotatable bonds is 1. The van der Waals surface area contributed by atoms with Gasteiger partial charge in [-0.25, -0.2) is 4.98 Å². The zero-order chi connectivity index (χ0) is 12.7. The Balaban J connectivity index is 1.87. The highest BCUT2D eigenvalue weighted by atomic mass is 32.1. The van der Waals surface area contributed by atoms with Crippen LogP contribution in [0.25, 0.3) is 0 Å². The number of aryl methyl sites for hydroxylation is 1. The molecule has 1 aliphatic heterocycles. The van der Waals surface area contributed by atoms with E-state index in [0.717, 1.165) is 18.9 Å². The number of thiazole rings is 1. The molecule has 1 saturated heterocycles. The van der Waals surface area contributed by atoms with Crippen LogP contribution in [0.3, 0.4) is 0 Å². The van der Waals surface area contributed by atoms with Gasteiger partial charge in [-0.3, -0.25) is 0 Å². The molecule has 18 heavy (non-hydrogen) atoms. The van der Waals surface area contributed by atoms with E-state index in [1.54, 1.807) is 0 Å². The van der Waals surface area contributed by atoms with Gasteiger partial charge in [-0.2, -0.15) is 0 Å². The predicted octanol–water partition coefficient (Wildman–Crippen LogP) is 3.10. The summed E-state index contributed by atoms with van der Waals surface area (Å²) in [6, 6.07) is 0.807. The van der Waals surface area contributed by atoms with Crippen molar-refractivity contribution >= 4 is 16.5 Å². The third-order valence-corrected chi connectivity index (χ3v) is 5.52. The lowest BCUT2D eigenvalue weighted by Crippen LogP contribution is -2.41. The topological polar surface area (TPSA) is 42.2 Å². The minimum atomic E-state index is 0.177. The standard InChI is InChI=1S/C14H23N3S/c1-9-6-7-10(2)17(8-9)14-16-13-11(15)4-3-5-12(13)18-14/h9-11H,3-8,15H2,1-2H3. The zero-order valence-corrected chi connectivity index (χ0v) is 12.2. The highest BCUT2D eigenvalue weighted by molar-refractivity contribution is 7.15. The maximum Gasteiger partial charge on any atom is 0.186 e. The molecule has 1 aromatic rings. The Hall–Kier alpha value is -0.610. The number of hydrogen-bond donors (Lipinski definition) is 1. The van der Waals surface area contributed by atoms with Gasteiger partial charge in [-0.1, -0.05) is 6.92 Å². The molecule has 1 fully saturated rings. The molecule has 2 aliphatic rings. The van der Waals surface area contributed by atoms with Crippen LogP contribution in [0.4, 0.5) is 5.13 Å². The summed E-state index contributed by atoms with van der Waals surface area (Å²) in [5.74, 6) is 0.788. The van der Waals surface area contributed by atoms with Gasteiger partial charge in [0.25, 0.3) is 0 Å². The number of nitrogens with two attached hydrogens (primary N) is 1. The van der Waals surface area contributed by atoms with Crippen LogP contribution in [0, 0.1) is 5.92 Å². The quantitative estimate of drug-likeness (QED) is 0.848. The van der Waals surface area contributed by atoms with Gasteiger partial charge in [-0.05, 0) is 44.9 Å². The molecule has 0 amide bonds. The highest BCUT2D eigenvalue weighted by Crippen LogP contribution is 2.38. The summed E-state index contributed by atoms with van der Waals surface area (Å²) < 4.78 is 0. The molecule has 0 aromatic carbocycles. The van der Waals surface area contributed by atoms with Gasteiger partial charge < -0.3 is 10.6 Å². The fourth-order valence-electron chi connectivity index (χ4n) is 3.12. The first-order valence-electron chi connectivity index (χ1n) is 7.17. The average Bonchev–Trinajstić information content (AvgIpc) is 2.77. The Morgan fingerprint density at radius 2 is 2.11 bits per heavy atom. The molecule has 2 heterocycles. The fraction of sp³-hybridized carbons (Fsp3) is 0.786. The van der Waals surface area contributed by atoms with E-state index >= 15 is 0 Å².